The van der Waals surface area contributed by atoms with Crippen molar-refractivity contribution in [2.45, 2.75) is 26.3 Å². The second kappa shape index (κ2) is 9.11. The summed E-state index contributed by atoms with van der Waals surface area (Å²) in [7, 11) is 0. The van der Waals surface area contributed by atoms with E-state index in [1.165, 1.54) is 12.1 Å². The zero-order chi connectivity index (χ0) is 22.9. The van der Waals surface area contributed by atoms with Gasteiger partial charge in [0, 0.05) is 24.7 Å². The Balaban J connectivity index is 1.32. The maximum absolute atomic E-state index is 13.8. The molecule has 6 nitrogen and oxygen atoms in total. The summed E-state index contributed by atoms with van der Waals surface area (Å²) in [5.74, 6) is -0.357. The monoisotopic (exact) mass is 483 g/mol. The molecule has 1 amide bonds. The summed E-state index contributed by atoms with van der Waals surface area (Å²) in [5, 5.41) is 9.15. The first kappa shape index (κ1) is 21.9. The third-order valence-corrected chi connectivity index (χ3v) is 7.34. The molecule has 9 heteroatoms. The number of carbonyl (C=O) groups excluding carboxylic acids is 1. The van der Waals surface area contributed by atoms with Crippen LogP contribution < -0.4 is 10.2 Å². The van der Waals surface area contributed by atoms with Gasteiger partial charge in [0.15, 0.2) is 10.8 Å². The molecule has 1 saturated heterocycles. The number of nitrogens with zero attached hydrogens (tertiary/aromatic N) is 4. The van der Waals surface area contributed by atoms with Crippen LogP contribution >= 0.6 is 22.9 Å². The fraction of sp³-hybridized carbons (Fsp3) is 0.292. The van der Waals surface area contributed by atoms with E-state index in [0.29, 0.717) is 29.4 Å². The summed E-state index contributed by atoms with van der Waals surface area (Å²) >= 11 is 7.50. The number of piperidine rings is 1. The SMILES string of the molecule is Cc1nn(-c2cccc(F)c2)c2nc(N3CCC[C@@H](C(=O)NCc4ccc(Cl)cc4)C3)sc12. The number of carbonyl (C=O) groups is 1. The van der Waals surface area contributed by atoms with Crippen LogP contribution in [-0.2, 0) is 11.3 Å². The number of hydrogen-bond donors (Lipinski definition) is 1. The number of anilines is 1. The van der Waals surface area contributed by atoms with Crippen LogP contribution in [0.4, 0.5) is 9.52 Å². The van der Waals surface area contributed by atoms with Crippen molar-refractivity contribution in [2.24, 2.45) is 5.92 Å². The molecule has 0 spiro atoms. The summed E-state index contributed by atoms with van der Waals surface area (Å²) < 4.78 is 16.4. The van der Waals surface area contributed by atoms with Crippen molar-refractivity contribution in [3.63, 3.8) is 0 Å². The lowest BCUT2D eigenvalue weighted by atomic mass is 9.97. The number of thiazole rings is 1. The van der Waals surface area contributed by atoms with Crippen LogP contribution in [0.5, 0.6) is 0 Å². The minimum atomic E-state index is -0.312. The Bertz CT molecular complexity index is 1300. The standard InChI is InChI=1S/C24H23ClFN5OS/c1-15-21-22(31(29-15)20-6-2-5-19(26)12-20)28-24(33-21)30-11-3-4-17(14-30)23(32)27-13-16-7-9-18(25)10-8-16/h2,5-10,12,17H,3-4,11,13-14H2,1H3,(H,27,32)/t17-/m1/s1. The van der Waals surface area contributed by atoms with Gasteiger partial charge in [0.25, 0.3) is 0 Å². The maximum atomic E-state index is 13.8. The van der Waals surface area contributed by atoms with E-state index in [1.807, 2.05) is 37.3 Å². The number of amides is 1. The van der Waals surface area contributed by atoms with Crippen molar-refractivity contribution >= 4 is 44.3 Å². The van der Waals surface area contributed by atoms with E-state index in [4.69, 9.17) is 16.6 Å². The van der Waals surface area contributed by atoms with Gasteiger partial charge in [0.05, 0.1) is 22.0 Å². The Labute approximate surface area is 200 Å². The van der Waals surface area contributed by atoms with Crippen LogP contribution in [0.3, 0.4) is 0 Å². The van der Waals surface area contributed by atoms with E-state index in [1.54, 1.807) is 22.1 Å². The number of aryl methyl sites for hydroxylation is 1. The maximum Gasteiger partial charge on any atom is 0.225 e. The van der Waals surface area contributed by atoms with E-state index < -0.39 is 0 Å². The fourth-order valence-corrected chi connectivity index (χ4v) is 5.29. The van der Waals surface area contributed by atoms with Crippen molar-refractivity contribution in [1.82, 2.24) is 20.1 Å². The van der Waals surface area contributed by atoms with E-state index >= 15 is 0 Å². The molecule has 1 atom stereocenters. The molecule has 0 aliphatic carbocycles. The molecular weight excluding hydrogens is 461 g/mol. The first-order chi connectivity index (χ1) is 16.0. The number of rotatable bonds is 5. The predicted molar refractivity (Wildman–Crippen MR) is 130 cm³/mol. The van der Waals surface area contributed by atoms with Gasteiger partial charge in [-0.15, -0.1) is 0 Å². The highest BCUT2D eigenvalue weighted by molar-refractivity contribution is 7.22. The Morgan fingerprint density at radius 3 is 2.88 bits per heavy atom. The molecular formula is C24H23ClFN5OS. The van der Waals surface area contributed by atoms with Gasteiger partial charge < -0.3 is 10.2 Å². The summed E-state index contributed by atoms with van der Waals surface area (Å²) in [6.45, 7) is 3.89. The zero-order valence-corrected chi connectivity index (χ0v) is 19.7. The number of fused-ring (bicyclic) bond motifs is 1. The third-order valence-electron chi connectivity index (χ3n) is 5.87. The smallest absolute Gasteiger partial charge is 0.225 e. The van der Waals surface area contributed by atoms with Gasteiger partial charge in [-0.05, 0) is 55.7 Å². The van der Waals surface area contributed by atoms with Crippen LogP contribution in [0.15, 0.2) is 48.5 Å². The molecule has 5 rings (SSSR count). The van der Waals surface area contributed by atoms with E-state index in [0.717, 1.165) is 40.5 Å². The normalized spacial score (nSPS) is 16.3. The summed E-state index contributed by atoms with van der Waals surface area (Å²) in [6, 6.07) is 13.8. The Hall–Kier alpha value is -2.97. The molecule has 4 aromatic rings. The number of aromatic nitrogens is 3. The Kier molecular flexibility index (Phi) is 6.03. The lowest BCUT2D eigenvalue weighted by Gasteiger charge is -2.31. The highest BCUT2D eigenvalue weighted by Gasteiger charge is 2.28. The second-order valence-electron chi connectivity index (χ2n) is 8.26. The van der Waals surface area contributed by atoms with E-state index in [2.05, 4.69) is 15.3 Å². The van der Waals surface area contributed by atoms with Crippen LogP contribution in [0.2, 0.25) is 5.02 Å². The lowest BCUT2D eigenvalue weighted by Crippen LogP contribution is -2.43. The lowest BCUT2D eigenvalue weighted by molar-refractivity contribution is -0.125. The van der Waals surface area contributed by atoms with Gasteiger partial charge in [-0.3, -0.25) is 4.79 Å². The highest BCUT2D eigenvalue weighted by Crippen LogP contribution is 2.34. The Morgan fingerprint density at radius 2 is 2.09 bits per heavy atom. The summed E-state index contributed by atoms with van der Waals surface area (Å²) in [5.41, 5.74) is 3.23. The average molecular weight is 484 g/mol. The zero-order valence-electron chi connectivity index (χ0n) is 18.1. The Morgan fingerprint density at radius 1 is 1.27 bits per heavy atom. The van der Waals surface area contributed by atoms with Crippen molar-refractivity contribution in [3.8, 4) is 5.69 Å². The molecule has 0 unspecified atom stereocenters. The first-order valence-corrected chi connectivity index (χ1v) is 12.1. The number of benzene rings is 2. The van der Waals surface area contributed by atoms with Crippen LogP contribution in [0, 0.1) is 18.7 Å². The molecule has 2 aromatic carbocycles. The molecule has 2 aromatic heterocycles. The molecule has 1 aliphatic heterocycles. The van der Waals surface area contributed by atoms with Crippen molar-refractivity contribution in [1.29, 1.82) is 0 Å². The first-order valence-electron chi connectivity index (χ1n) is 10.9. The van der Waals surface area contributed by atoms with Crippen LogP contribution in [0.25, 0.3) is 16.0 Å². The second-order valence-corrected chi connectivity index (χ2v) is 9.67. The molecule has 0 bridgehead atoms. The van der Waals surface area contributed by atoms with E-state index in [-0.39, 0.29) is 17.6 Å². The van der Waals surface area contributed by atoms with Crippen molar-refractivity contribution < 1.29 is 9.18 Å². The minimum absolute atomic E-state index is 0.0536. The molecule has 1 fully saturated rings. The molecule has 170 valence electrons. The van der Waals surface area contributed by atoms with Crippen LogP contribution in [-0.4, -0.2) is 33.8 Å². The highest BCUT2D eigenvalue weighted by atomic mass is 35.5. The third kappa shape index (κ3) is 4.58. The average Bonchev–Trinajstić information content (AvgIpc) is 3.39. The van der Waals surface area contributed by atoms with Gasteiger partial charge in [0.2, 0.25) is 5.91 Å². The molecule has 0 radical (unpaired) electrons. The number of hydrogen-bond acceptors (Lipinski definition) is 5. The molecule has 0 saturated carbocycles. The van der Waals surface area contributed by atoms with Gasteiger partial charge in [0.1, 0.15) is 5.82 Å². The number of halogens is 2. The van der Waals surface area contributed by atoms with Gasteiger partial charge in [-0.2, -0.15) is 10.1 Å². The largest absolute Gasteiger partial charge is 0.352 e. The molecule has 1 aliphatic rings. The molecule has 33 heavy (non-hydrogen) atoms. The van der Waals surface area contributed by atoms with Crippen LogP contribution in [0.1, 0.15) is 24.1 Å². The predicted octanol–water partition coefficient (Wildman–Crippen LogP) is 5.12. The topological polar surface area (TPSA) is 63.1 Å². The van der Waals surface area contributed by atoms with Crippen molar-refractivity contribution in [2.75, 3.05) is 18.0 Å². The van der Waals surface area contributed by atoms with Gasteiger partial charge in [-0.25, -0.2) is 9.07 Å². The van der Waals surface area contributed by atoms with Gasteiger partial charge >= 0.3 is 0 Å². The summed E-state index contributed by atoms with van der Waals surface area (Å²) in [6.07, 6.45) is 1.77. The fourth-order valence-electron chi connectivity index (χ4n) is 4.15. The van der Waals surface area contributed by atoms with Gasteiger partial charge in [-0.1, -0.05) is 41.1 Å². The quantitative estimate of drug-likeness (QED) is 0.428. The summed E-state index contributed by atoms with van der Waals surface area (Å²) in [4.78, 5) is 19.8. The number of nitrogens with one attached hydrogen (secondary N) is 1. The van der Waals surface area contributed by atoms with Crippen molar-refractivity contribution in [3.05, 3.63) is 70.6 Å². The molecule has 3 heterocycles. The minimum Gasteiger partial charge on any atom is -0.352 e. The van der Waals surface area contributed by atoms with E-state index in [9.17, 15) is 9.18 Å². The molecule has 1 N–H and O–H groups in total.